The molecular weight excluding hydrogens is 255 g/mol. The summed E-state index contributed by atoms with van der Waals surface area (Å²) in [7, 11) is -2.90. The highest BCUT2D eigenvalue weighted by molar-refractivity contribution is 7.85. The van der Waals surface area contributed by atoms with Crippen molar-refractivity contribution in [1.82, 2.24) is 0 Å². The Labute approximate surface area is 112 Å². The summed E-state index contributed by atoms with van der Waals surface area (Å²) in [5, 5.41) is 1.58. The SMILES string of the molecule is O=P(c1ccccc1)(c1ccccc1)c1ccco1. The van der Waals surface area contributed by atoms with Gasteiger partial charge >= 0.3 is 0 Å². The van der Waals surface area contributed by atoms with Gasteiger partial charge in [0.1, 0.15) is 0 Å². The van der Waals surface area contributed by atoms with Crippen LogP contribution in [0.2, 0.25) is 0 Å². The Bertz CT molecular complexity index is 645. The molecule has 2 nitrogen and oxygen atoms in total. The van der Waals surface area contributed by atoms with Crippen LogP contribution in [0.15, 0.2) is 83.5 Å². The Kier molecular flexibility index (Phi) is 3.10. The highest BCUT2D eigenvalue weighted by Gasteiger charge is 2.31. The van der Waals surface area contributed by atoms with E-state index < -0.39 is 7.14 Å². The number of furan rings is 1. The maximum absolute atomic E-state index is 13.6. The number of hydrogen-bond donors (Lipinski definition) is 0. The monoisotopic (exact) mass is 268 g/mol. The van der Waals surface area contributed by atoms with E-state index in [1.807, 2.05) is 60.7 Å². The zero-order valence-corrected chi connectivity index (χ0v) is 11.2. The zero-order valence-electron chi connectivity index (χ0n) is 10.3. The highest BCUT2D eigenvalue weighted by atomic mass is 31.2. The Morgan fingerprint density at radius 1 is 0.684 bits per heavy atom. The lowest BCUT2D eigenvalue weighted by Crippen LogP contribution is -2.23. The Morgan fingerprint density at radius 2 is 1.21 bits per heavy atom. The van der Waals surface area contributed by atoms with E-state index in [2.05, 4.69) is 0 Å². The molecule has 0 aliphatic carbocycles. The molecule has 1 heterocycles. The second kappa shape index (κ2) is 4.91. The van der Waals surface area contributed by atoms with Crippen LogP contribution >= 0.6 is 7.14 Å². The molecule has 0 saturated carbocycles. The minimum absolute atomic E-state index is 0.518. The third kappa shape index (κ3) is 2.05. The standard InChI is InChI=1S/C16H13O2P/c17-19(16-12-7-13-18-16,14-8-3-1-4-9-14)15-10-5-2-6-11-15/h1-13H. The molecule has 0 atom stereocenters. The van der Waals surface area contributed by atoms with Crippen molar-refractivity contribution < 1.29 is 8.98 Å². The second-order valence-corrected chi connectivity index (χ2v) is 6.92. The smallest absolute Gasteiger partial charge is 0.204 e. The number of hydrogen-bond acceptors (Lipinski definition) is 2. The van der Waals surface area contributed by atoms with Gasteiger partial charge in [-0.1, -0.05) is 60.7 Å². The largest absolute Gasteiger partial charge is 0.461 e. The Morgan fingerprint density at radius 3 is 1.63 bits per heavy atom. The molecule has 3 aromatic rings. The van der Waals surface area contributed by atoms with Crippen LogP contribution in [-0.2, 0) is 4.57 Å². The van der Waals surface area contributed by atoms with E-state index in [1.54, 1.807) is 18.4 Å². The molecule has 0 fully saturated rings. The second-order valence-electron chi connectivity index (χ2n) is 4.23. The summed E-state index contributed by atoms with van der Waals surface area (Å²) in [6, 6.07) is 22.5. The van der Waals surface area contributed by atoms with Crippen LogP contribution in [0.4, 0.5) is 0 Å². The molecule has 0 spiro atoms. The lowest BCUT2D eigenvalue weighted by atomic mass is 10.4. The topological polar surface area (TPSA) is 30.2 Å². The molecule has 2 aromatic carbocycles. The first-order valence-corrected chi connectivity index (χ1v) is 7.78. The maximum Gasteiger partial charge on any atom is 0.204 e. The van der Waals surface area contributed by atoms with Gasteiger partial charge in [0.25, 0.3) is 0 Å². The predicted octanol–water partition coefficient (Wildman–Crippen LogP) is 2.92. The molecule has 0 aliphatic rings. The van der Waals surface area contributed by atoms with E-state index in [-0.39, 0.29) is 0 Å². The van der Waals surface area contributed by atoms with Crippen LogP contribution in [0.5, 0.6) is 0 Å². The summed E-state index contributed by atoms with van der Waals surface area (Å²) in [6.45, 7) is 0. The van der Waals surface area contributed by atoms with Crippen LogP contribution in [0.25, 0.3) is 0 Å². The van der Waals surface area contributed by atoms with E-state index in [1.165, 1.54) is 0 Å². The fourth-order valence-electron chi connectivity index (χ4n) is 2.13. The first-order chi connectivity index (χ1) is 9.32. The van der Waals surface area contributed by atoms with Crippen LogP contribution in [0.3, 0.4) is 0 Å². The van der Waals surface area contributed by atoms with Gasteiger partial charge in [-0.3, -0.25) is 0 Å². The zero-order chi connectivity index (χ0) is 13.1. The van der Waals surface area contributed by atoms with Crippen molar-refractivity contribution >= 4 is 23.3 Å². The molecule has 0 unspecified atom stereocenters. The van der Waals surface area contributed by atoms with E-state index in [9.17, 15) is 4.57 Å². The van der Waals surface area contributed by atoms with Crippen molar-refractivity contribution in [3.05, 3.63) is 79.1 Å². The van der Waals surface area contributed by atoms with Crippen molar-refractivity contribution in [3.8, 4) is 0 Å². The quantitative estimate of drug-likeness (QED) is 0.684. The van der Waals surface area contributed by atoms with Gasteiger partial charge in [-0.05, 0) is 12.1 Å². The van der Waals surface area contributed by atoms with Crippen LogP contribution < -0.4 is 16.1 Å². The molecule has 0 radical (unpaired) electrons. The molecule has 0 N–H and O–H groups in total. The molecule has 19 heavy (non-hydrogen) atoms. The Hall–Kier alpha value is -2.05. The molecule has 3 rings (SSSR count). The van der Waals surface area contributed by atoms with Crippen molar-refractivity contribution in [1.29, 1.82) is 0 Å². The summed E-state index contributed by atoms with van der Waals surface area (Å²) in [5.74, 6) is 0. The summed E-state index contributed by atoms with van der Waals surface area (Å²) in [6.07, 6.45) is 1.56. The molecular formula is C16H13O2P. The van der Waals surface area contributed by atoms with E-state index in [0.717, 1.165) is 10.6 Å². The van der Waals surface area contributed by atoms with Gasteiger partial charge in [0.2, 0.25) is 7.14 Å². The summed E-state index contributed by atoms with van der Waals surface area (Å²) in [5.41, 5.74) is 0.518. The van der Waals surface area contributed by atoms with Crippen LogP contribution in [-0.4, -0.2) is 0 Å². The maximum atomic E-state index is 13.6. The average molecular weight is 268 g/mol. The normalized spacial score (nSPS) is 11.4. The van der Waals surface area contributed by atoms with Gasteiger partial charge in [0.05, 0.1) is 6.26 Å². The predicted molar refractivity (Wildman–Crippen MR) is 78.1 cm³/mol. The molecule has 0 aliphatic heterocycles. The Balaban J connectivity index is 2.26. The number of benzene rings is 2. The summed E-state index contributed by atoms with van der Waals surface area (Å²) >= 11 is 0. The van der Waals surface area contributed by atoms with Crippen molar-refractivity contribution in [2.75, 3.05) is 0 Å². The average Bonchev–Trinajstić information content (AvgIpc) is 3.03. The van der Waals surface area contributed by atoms with Gasteiger partial charge in [0, 0.05) is 10.6 Å². The molecule has 0 bridgehead atoms. The molecule has 3 heteroatoms. The van der Waals surface area contributed by atoms with Crippen molar-refractivity contribution in [2.45, 2.75) is 0 Å². The van der Waals surface area contributed by atoms with Crippen LogP contribution in [0.1, 0.15) is 0 Å². The first kappa shape index (κ1) is 12.0. The lowest BCUT2D eigenvalue weighted by molar-refractivity contribution is 0.567. The van der Waals surface area contributed by atoms with Crippen LogP contribution in [0, 0.1) is 0 Å². The minimum atomic E-state index is -2.90. The summed E-state index contributed by atoms with van der Waals surface area (Å²) < 4.78 is 19.0. The molecule has 0 amide bonds. The lowest BCUT2D eigenvalue weighted by Gasteiger charge is -2.16. The fraction of sp³-hybridized carbons (Fsp3) is 0. The highest BCUT2D eigenvalue weighted by Crippen LogP contribution is 2.42. The van der Waals surface area contributed by atoms with Gasteiger partial charge in [-0.2, -0.15) is 0 Å². The van der Waals surface area contributed by atoms with E-state index in [4.69, 9.17) is 4.42 Å². The van der Waals surface area contributed by atoms with E-state index in [0.29, 0.717) is 5.50 Å². The summed E-state index contributed by atoms with van der Waals surface area (Å²) in [4.78, 5) is 0. The van der Waals surface area contributed by atoms with Gasteiger partial charge in [-0.15, -0.1) is 0 Å². The van der Waals surface area contributed by atoms with Crippen molar-refractivity contribution in [2.24, 2.45) is 0 Å². The third-order valence-electron chi connectivity index (χ3n) is 3.06. The molecule has 1 aromatic heterocycles. The van der Waals surface area contributed by atoms with Gasteiger partial charge in [0.15, 0.2) is 5.50 Å². The first-order valence-electron chi connectivity index (χ1n) is 6.07. The van der Waals surface area contributed by atoms with Crippen molar-refractivity contribution in [3.63, 3.8) is 0 Å². The van der Waals surface area contributed by atoms with E-state index >= 15 is 0 Å². The van der Waals surface area contributed by atoms with Gasteiger partial charge < -0.3 is 8.98 Å². The minimum Gasteiger partial charge on any atom is -0.461 e. The fourth-order valence-corrected chi connectivity index (χ4v) is 4.62. The molecule has 0 saturated heterocycles. The number of rotatable bonds is 3. The molecule has 94 valence electrons. The van der Waals surface area contributed by atoms with Gasteiger partial charge in [-0.25, -0.2) is 0 Å². The third-order valence-corrected chi connectivity index (χ3v) is 5.98.